The zero-order valence-corrected chi connectivity index (χ0v) is 12.1. The van der Waals surface area contributed by atoms with Crippen LogP contribution >= 0.6 is 39.1 Å². The van der Waals surface area contributed by atoms with Crippen LogP contribution in [0.25, 0.3) is 0 Å². The van der Waals surface area contributed by atoms with Crippen molar-refractivity contribution in [2.24, 2.45) is 0 Å². The van der Waals surface area contributed by atoms with Crippen molar-refractivity contribution in [3.8, 4) is 0 Å². The second-order valence-corrected chi connectivity index (χ2v) is 5.53. The van der Waals surface area contributed by atoms with Gasteiger partial charge in [0.1, 0.15) is 11.9 Å². The van der Waals surface area contributed by atoms with Crippen molar-refractivity contribution in [3.63, 3.8) is 0 Å². The number of rotatable bonds is 2. The van der Waals surface area contributed by atoms with Gasteiger partial charge in [0, 0.05) is 20.1 Å². The van der Waals surface area contributed by atoms with Crippen molar-refractivity contribution < 1.29 is 9.50 Å². The van der Waals surface area contributed by atoms with Gasteiger partial charge in [-0.3, -0.25) is 0 Å². The number of hydrogen-bond acceptors (Lipinski definition) is 1. The molecule has 5 heteroatoms. The molecule has 0 heterocycles. The topological polar surface area (TPSA) is 20.2 Å². The van der Waals surface area contributed by atoms with Crippen LogP contribution in [0.1, 0.15) is 17.2 Å². The Morgan fingerprint density at radius 2 is 1.83 bits per heavy atom. The van der Waals surface area contributed by atoms with E-state index in [1.807, 2.05) is 0 Å². The Morgan fingerprint density at radius 1 is 1.11 bits per heavy atom. The first-order chi connectivity index (χ1) is 8.47. The highest BCUT2D eigenvalue weighted by Gasteiger charge is 2.15. The Balaban J connectivity index is 2.44. The molecule has 1 atom stereocenters. The molecule has 2 aromatic carbocycles. The van der Waals surface area contributed by atoms with Gasteiger partial charge in [-0.15, -0.1) is 0 Å². The number of benzene rings is 2. The second kappa shape index (κ2) is 5.57. The van der Waals surface area contributed by atoms with E-state index in [1.165, 1.54) is 18.2 Å². The van der Waals surface area contributed by atoms with Crippen molar-refractivity contribution >= 4 is 39.1 Å². The summed E-state index contributed by atoms with van der Waals surface area (Å²) >= 11 is 15.0. The summed E-state index contributed by atoms with van der Waals surface area (Å²) in [5.41, 5.74) is 0.907. The zero-order chi connectivity index (χ0) is 13.3. The third-order valence-corrected chi connectivity index (χ3v) is 3.48. The van der Waals surface area contributed by atoms with Crippen LogP contribution in [0.3, 0.4) is 0 Å². The van der Waals surface area contributed by atoms with Crippen molar-refractivity contribution in [1.29, 1.82) is 0 Å². The maximum Gasteiger partial charge on any atom is 0.124 e. The van der Waals surface area contributed by atoms with Crippen LogP contribution in [0.4, 0.5) is 4.39 Å². The summed E-state index contributed by atoms with van der Waals surface area (Å²) in [5, 5.41) is 11.0. The highest BCUT2D eigenvalue weighted by atomic mass is 79.9. The third-order valence-electron chi connectivity index (χ3n) is 2.46. The standard InChI is InChI=1S/C13H8BrCl2FO/c14-8-3-7(4-10(17)5-8)13(18)11-2-1-9(15)6-12(11)16/h1-6,13,18H. The molecule has 2 aromatic rings. The molecule has 0 amide bonds. The van der Waals surface area contributed by atoms with Gasteiger partial charge in [0.25, 0.3) is 0 Å². The summed E-state index contributed by atoms with van der Waals surface area (Å²) in [6.07, 6.45) is -0.998. The van der Waals surface area contributed by atoms with E-state index in [1.54, 1.807) is 18.2 Å². The lowest BCUT2D eigenvalue weighted by molar-refractivity contribution is 0.220. The van der Waals surface area contributed by atoms with Gasteiger partial charge in [0.15, 0.2) is 0 Å². The minimum atomic E-state index is -0.998. The normalized spacial score (nSPS) is 12.5. The molecule has 1 nitrogen and oxygen atoms in total. The zero-order valence-electron chi connectivity index (χ0n) is 9.00. The molecule has 0 saturated carbocycles. The fraction of sp³-hybridized carbons (Fsp3) is 0.0769. The minimum absolute atomic E-state index is 0.343. The van der Waals surface area contributed by atoms with Gasteiger partial charge in [-0.2, -0.15) is 0 Å². The van der Waals surface area contributed by atoms with Crippen LogP contribution < -0.4 is 0 Å². The van der Waals surface area contributed by atoms with Crippen molar-refractivity contribution in [3.05, 3.63) is 67.9 Å². The fourth-order valence-corrected chi connectivity index (χ4v) is 2.63. The van der Waals surface area contributed by atoms with Gasteiger partial charge in [-0.05, 0) is 35.9 Å². The molecule has 0 aliphatic heterocycles. The fourth-order valence-electron chi connectivity index (χ4n) is 1.64. The smallest absolute Gasteiger partial charge is 0.124 e. The maximum atomic E-state index is 13.3. The molecule has 0 fully saturated rings. The summed E-state index contributed by atoms with van der Waals surface area (Å²) < 4.78 is 13.8. The van der Waals surface area contributed by atoms with E-state index in [4.69, 9.17) is 23.2 Å². The highest BCUT2D eigenvalue weighted by molar-refractivity contribution is 9.10. The predicted octanol–water partition coefficient (Wildman–Crippen LogP) is 4.98. The number of aliphatic hydroxyl groups is 1. The lowest BCUT2D eigenvalue weighted by Gasteiger charge is -2.14. The molecule has 0 radical (unpaired) electrons. The van der Waals surface area contributed by atoms with E-state index in [2.05, 4.69) is 15.9 Å². The number of aliphatic hydroxyl groups excluding tert-OH is 1. The molecule has 0 aliphatic rings. The first-order valence-electron chi connectivity index (χ1n) is 5.06. The second-order valence-electron chi connectivity index (χ2n) is 3.77. The monoisotopic (exact) mass is 348 g/mol. The van der Waals surface area contributed by atoms with Crippen LogP contribution in [0.15, 0.2) is 40.9 Å². The van der Waals surface area contributed by atoms with E-state index in [0.717, 1.165) is 0 Å². The van der Waals surface area contributed by atoms with E-state index in [-0.39, 0.29) is 0 Å². The molecule has 0 bridgehead atoms. The average molecular weight is 350 g/mol. The molecule has 0 aliphatic carbocycles. The maximum absolute atomic E-state index is 13.3. The summed E-state index contributed by atoms with van der Waals surface area (Å²) in [6.45, 7) is 0. The van der Waals surface area contributed by atoms with Gasteiger partial charge >= 0.3 is 0 Å². The van der Waals surface area contributed by atoms with Crippen molar-refractivity contribution in [2.45, 2.75) is 6.10 Å². The molecule has 0 saturated heterocycles. The molecule has 18 heavy (non-hydrogen) atoms. The van der Waals surface area contributed by atoms with Crippen LogP contribution in [0.5, 0.6) is 0 Å². The molecule has 0 spiro atoms. The van der Waals surface area contributed by atoms with Crippen LogP contribution in [-0.4, -0.2) is 5.11 Å². The highest BCUT2D eigenvalue weighted by Crippen LogP contribution is 2.31. The SMILES string of the molecule is OC(c1cc(F)cc(Br)c1)c1ccc(Cl)cc1Cl. The summed E-state index contributed by atoms with van der Waals surface area (Å²) in [5.74, 6) is -0.427. The first kappa shape index (κ1) is 13.8. The Hall–Kier alpha value is -0.610. The molecule has 1 unspecified atom stereocenters. The molecule has 2 rings (SSSR count). The predicted molar refractivity (Wildman–Crippen MR) is 74.6 cm³/mol. The van der Waals surface area contributed by atoms with Gasteiger partial charge in [0.2, 0.25) is 0 Å². The quantitative estimate of drug-likeness (QED) is 0.810. The number of halogens is 4. The molecule has 94 valence electrons. The summed E-state index contributed by atoms with van der Waals surface area (Å²) in [6, 6.07) is 9.00. The van der Waals surface area contributed by atoms with Crippen LogP contribution in [0, 0.1) is 5.82 Å². The molecular formula is C13H8BrCl2FO. The van der Waals surface area contributed by atoms with Crippen molar-refractivity contribution in [2.75, 3.05) is 0 Å². The van der Waals surface area contributed by atoms with E-state index < -0.39 is 11.9 Å². The van der Waals surface area contributed by atoms with E-state index in [9.17, 15) is 9.50 Å². The Labute approximate surface area is 122 Å². The molecular weight excluding hydrogens is 342 g/mol. The van der Waals surface area contributed by atoms with Gasteiger partial charge in [0.05, 0.1) is 0 Å². The van der Waals surface area contributed by atoms with Gasteiger partial charge < -0.3 is 5.11 Å². The molecule has 0 aromatic heterocycles. The summed E-state index contributed by atoms with van der Waals surface area (Å²) in [4.78, 5) is 0. The molecule has 1 N–H and O–H groups in total. The Bertz CT molecular complexity index is 569. The Kier molecular flexibility index (Phi) is 4.28. The van der Waals surface area contributed by atoms with Gasteiger partial charge in [-0.1, -0.05) is 45.2 Å². The number of hydrogen-bond donors (Lipinski definition) is 1. The Morgan fingerprint density at radius 3 is 2.44 bits per heavy atom. The van der Waals surface area contributed by atoms with E-state index >= 15 is 0 Å². The first-order valence-corrected chi connectivity index (χ1v) is 6.61. The lowest BCUT2D eigenvalue weighted by atomic mass is 10.0. The lowest BCUT2D eigenvalue weighted by Crippen LogP contribution is -2.01. The largest absolute Gasteiger partial charge is 0.384 e. The van der Waals surface area contributed by atoms with Crippen molar-refractivity contribution in [1.82, 2.24) is 0 Å². The average Bonchev–Trinajstić information content (AvgIpc) is 2.26. The van der Waals surface area contributed by atoms with Crippen LogP contribution in [-0.2, 0) is 0 Å². The van der Waals surface area contributed by atoms with Crippen LogP contribution in [0.2, 0.25) is 10.0 Å². The third kappa shape index (κ3) is 3.04. The minimum Gasteiger partial charge on any atom is -0.384 e. The van der Waals surface area contributed by atoms with E-state index in [0.29, 0.717) is 25.6 Å². The van der Waals surface area contributed by atoms with Gasteiger partial charge in [-0.25, -0.2) is 4.39 Å². The summed E-state index contributed by atoms with van der Waals surface area (Å²) in [7, 11) is 0.